The van der Waals surface area contributed by atoms with Crippen molar-refractivity contribution < 1.29 is 19.0 Å². The van der Waals surface area contributed by atoms with E-state index in [0.29, 0.717) is 19.8 Å². The summed E-state index contributed by atoms with van der Waals surface area (Å²) in [5.74, 6) is 0.780. The first kappa shape index (κ1) is 12.8. The zero-order valence-corrected chi connectivity index (χ0v) is 10.3. The standard InChI is InChI=1S/C11H19NO4/c1-11(2,3)16-10(13)12-7-9(8-12)15-6-5-14-4/h7H,5-6,8H2,1-4H3. The van der Waals surface area contributed by atoms with Gasteiger partial charge in [-0.3, -0.25) is 4.90 Å². The molecule has 0 atom stereocenters. The Morgan fingerprint density at radius 1 is 1.44 bits per heavy atom. The van der Waals surface area contributed by atoms with Gasteiger partial charge in [0.15, 0.2) is 0 Å². The second-order valence-corrected chi connectivity index (χ2v) is 4.54. The molecule has 0 radical (unpaired) electrons. The lowest BCUT2D eigenvalue weighted by Crippen LogP contribution is -2.40. The third kappa shape index (κ3) is 4.10. The quantitative estimate of drug-likeness (QED) is 0.689. The highest BCUT2D eigenvalue weighted by atomic mass is 16.6. The molecule has 0 spiro atoms. The lowest BCUT2D eigenvalue weighted by molar-refractivity contribution is 0.0221. The molecule has 0 aromatic heterocycles. The van der Waals surface area contributed by atoms with Crippen molar-refractivity contribution in [3.05, 3.63) is 12.0 Å². The number of rotatable bonds is 4. The fourth-order valence-electron chi connectivity index (χ4n) is 1.09. The van der Waals surface area contributed by atoms with Crippen molar-refractivity contribution in [3.63, 3.8) is 0 Å². The Kier molecular flexibility index (Phi) is 4.18. The largest absolute Gasteiger partial charge is 0.492 e. The van der Waals surface area contributed by atoms with Crippen LogP contribution in [0.5, 0.6) is 0 Å². The summed E-state index contributed by atoms with van der Waals surface area (Å²) in [6.07, 6.45) is 1.30. The van der Waals surface area contributed by atoms with E-state index < -0.39 is 5.60 Å². The van der Waals surface area contributed by atoms with Crippen molar-refractivity contribution in [1.82, 2.24) is 4.90 Å². The number of ether oxygens (including phenoxy) is 3. The minimum absolute atomic E-state index is 0.341. The number of carbonyl (C=O) groups is 1. The van der Waals surface area contributed by atoms with Gasteiger partial charge in [-0.15, -0.1) is 0 Å². The van der Waals surface area contributed by atoms with E-state index in [1.54, 1.807) is 13.3 Å². The Bertz CT molecular complexity index is 280. The van der Waals surface area contributed by atoms with Crippen molar-refractivity contribution in [3.8, 4) is 0 Å². The third-order valence-electron chi connectivity index (χ3n) is 1.83. The van der Waals surface area contributed by atoms with E-state index in [2.05, 4.69) is 0 Å². The normalized spacial score (nSPS) is 15.2. The molecule has 92 valence electrons. The summed E-state index contributed by atoms with van der Waals surface area (Å²) in [5.41, 5.74) is -0.461. The van der Waals surface area contributed by atoms with Crippen LogP contribution >= 0.6 is 0 Å². The van der Waals surface area contributed by atoms with Crippen molar-refractivity contribution in [2.75, 3.05) is 26.9 Å². The minimum atomic E-state index is -0.461. The second kappa shape index (κ2) is 5.21. The molecule has 1 aliphatic rings. The van der Waals surface area contributed by atoms with Crippen LogP contribution in [0.4, 0.5) is 4.79 Å². The summed E-state index contributed by atoms with van der Waals surface area (Å²) in [4.78, 5) is 13.0. The molecule has 1 amide bonds. The molecule has 0 saturated carbocycles. The van der Waals surface area contributed by atoms with Crippen LogP contribution in [-0.2, 0) is 14.2 Å². The highest BCUT2D eigenvalue weighted by molar-refractivity contribution is 5.71. The predicted molar refractivity (Wildman–Crippen MR) is 58.9 cm³/mol. The number of carbonyl (C=O) groups excluding carboxylic acids is 1. The molecule has 0 aromatic rings. The first-order valence-corrected chi connectivity index (χ1v) is 5.24. The van der Waals surface area contributed by atoms with Crippen LogP contribution in [0.3, 0.4) is 0 Å². The maximum absolute atomic E-state index is 11.5. The van der Waals surface area contributed by atoms with E-state index in [9.17, 15) is 4.79 Å². The van der Waals surface area contributed by atoms with Crippen LogP contribution in [0.25, 0.3) is 0 Å². The topological polar surface area (TPSA) is 48.0 Å². The second-order valence-electron chi connectivity index (χ2n) is 4.54. The highest BCUT2D eigenvalue weighted by Gasteiger charge is 2.27. The summed E-state index contributed by atoms with van der Waals surface area (Å²) in [6, 6.07) is 0. The maximum Gasteiger partial charge on any atom is 0.414 e. The summed E-state index contributed by atoms with van der Waals surface area (Å²) < 4.78 is 15.3. The fourth-order valence-corrected chi connectivity index (χ4v) is 1.09. The average Bonchev–Trinajstić information content (AvgIpc) is 2.05. The van der Waals surface area contributed by atoms with Gasteiger partial charge in [-0.05, 0) is 20.8 Å². The maximum atomic E-state index is 11.5. The van der Waals surface area contributed by atoms with E-state index >= 15 is 0 Å². The zero-order chi connectivity index (χ0) is 12.2. The molecular formula is C11H19NO4. The molecule has 0 unspecified atom stereocenters. The van der Waals surface area contributed by atoms with Gasteiger partial charge in [-0.1, -0.05) is 0 Å². The van der Waals surface area contributed by atoms with Crippen LogP contribution in [-0.4, -0.2) is 43.5 Å². The van der Waals surface area contributed by atoms with Gasteiger partial charge in [0.1, 0.15) is 18.0 Å². The predicted octanol–water partition coefficient (Wildman–Crippen LogP) is 1.74. The summed E-state index contributed by atoms with van der Waals surface area (Å²) in [7, 11) is 1.62. The Labute approximate surface area is 96.0 Å². The minimum Gasteiger partial charge on any atom is -0.492 e. The molecule has 16 heavy (non-hydrogen) atoms. The van der Waals surface area contributed by atoms with Crippen LogP contribution in [0.2, 0.25) is 0 Å². The van der Waals surface area contributed by atoms with Crippen LogP contribution in [0, 0.1) is 0 Å². The molecule has 1 rings (SSSR count). The number of nitrogens with zero attached hydrogens (tertiary/aromatic N) is 1. The Morgan fingerprint density at radius 3 is 2.56 bits per heavy atom. The Morgan fingerprint density at radius 2 is 2.06 bits per heavy atom. The lowest BCUT2D eigenvalue weighted by atomic mass is 10.2. The van der Waals surface area contributed by atoms with E-state index in [1.165, 1.54) is 4.90 Å². The first-order chi connectivity index (χ1) is 7.42. The first-order valence-electron chi connectivity index (χ1n) is 5.24. The van der Waals surface area contributed by atoms with Gasteiger partial charge >= 0.3 is 6.09 Å². The summed E-state index contributed by atoms with van der Waals surface area (Å²) in [6.45, 7) is 7.03. The molecule has 5 heteroatoms. The van der Waals surface area contributed by atoms with E-state index in [4.69, 9.17) is 14.2 Å². The fraction of sp³-hybridized carbons (Fsp3) is 0.727. The summed E-state index contributed by atoms with van der Waals surface area (Å²) >= 11 is 0. The number of amides is 1. The van der Waals surface area contributed by atoms with Crippen molar-refractivity contribution in [1.29, 1.82) is 0 Å². The molecule has 1 aliphatic heterocycles. The van der Waals surface area contributed by atoms with Gasteiger partial charge in [0.25, 0.3) is 0 Å². The van der Waals surface area contributed by atoms with Crippen LogP contribution < -0.4 is 0 Å². The number of hydrogen-bond donors (Lipinski definition) is 0. The Hall–Kier alpha value is -1.23. The lowest BCUT2D eigenvalue weighted by Gasteiger charge is -2.31. The molecule has 0 aliphatic carbocycles. The molecule has 0 fully saturated rings. The molecule has 0 bridgehead atoms. The van der Waals surface area contributed by atoms with Gasteiger partial charge < -0.3 is 14.2 Å². The molecule has 0 N–H and O–H groups in total. The Balaban J connectivity index is 2.26. The van der Waals surface area contributed by atoms with Gasteiger partial charge in [0, 0.05) is 7.11 Å². The van der Waals surface area contributed by atoms with Gasteiger partial charge in [-0.2, -0.15) is 0 Å². The molecular weight excluding hydrogens is 210 g/mol. The van der Waals surface area contributed by atoms with E-state index in [1.807, 2.05) is 20.8 Å². The van der Waals surface area contributed by atoms with E-state index in [-0.39, 0.29) is 6.09 Å². The number of hydrogen-bond acceptors (Lipinski definition) is 4. The average molecular weight is 229 g/mol. The van der Waals surface area contributed by atoms with Gasteiger partial charge in [0.05, 0.1) is 19.4 Å². The van der Waals surface area contributed by atoms with Crippen LogP contribution in [0.15, 0.2) is 12.0 Å². The van der Waals surface area contributed by atoms with Crippen molar-refractivity contribution in [2.24, 2.45) is 0 Å². The van der Waals surface area contributed by atoms with Crippen molar-refractivity contribution in [2.45, 2.75) is 26.4 Å². The smallest absolute Gasteiger partial charge is 0.414 e. The van der Waals surface area contributed by atoms with E-state index in [0.717, 1.165) is 5.76 Å². The molecule has 5 nitrogen and oxygen atoms in total. The molecule has 0 aromatic carbocycles. The summed E-state index contributed by atoms with van der Waals surface area (Å²) in [5, 5.41) is 0. The molecule has 0 saturated heterocycles. The third-order valence-corrected chi connectivity index (χ3v) is 1.83. The van der Waals surface area contributed by atoms with Crippen molar-refractivity contribution >= 4 is 6.09 Å². The van der Waals surface area contributed by atoms with Gasteiger partial charge in [-0.25, -0.2) is 4.79 Å². The highest BCUT2D eigenvalue weighted by Crippen LogP contribution is 2.18. The number of methoxy groups -OCH3 is 1. The van der Waals surface area contributed by atoms with Gasteiger partial charge in [0.2, 0.25) is 0 Å². The monoisotopic (exact) mass is 229 g/mol. The zero-order valence-electron chi connectivity index (χ0n) is 10.3. The molecule has 1 heterocycles. The SMILES string of the molecule is COCCOC1=CN(C(=O)OC(C)(C)C)C1. The van der Waals surface area contributed by atoms with Crippen LogP contribution in [0.1, 0.15) is 20.8 Å².